The van der Waals surface area contributed by atoms with Crippen LogP contribution in [-0.2, 0) is 9.53 Å². The van der Waals surface area contributed by atoms with Gasteiger partial charge in [-0.2, -0.15) is 0 Å². The summed E-state index contributed by atoms with van der Waals surface area (Å²) in [5.41, 5.74) is -0.407. The van der Waals surface area contributed by atoms with Crippen molar-refractivity contribution in [2.45, 2.75) is 26.3 Å². The first-order chi connectivity index (χ1) is 11.2. The van der Waals surface area contributed by atoms with Gasteiger partial charge >= 0.3 is 12.0 Å². The molecule has 0 radical (unpaired) electrons. The molecule has 24 heavy (non-hydrogen) atoms. The summed E-state index contributed by atoms with van der Waals surface area (Å²) in [6, 6.07) is 2.40. The SMILES string of the molecule is CC[C@@H](C)NC(=O)NC(=O)COC(=O)c1ccc([N+](=O)[O-])cc1Cl. The standard InChI is InChI=1S/C14H16ClN3O6/c1-3-8(2)16-14(21)17-12(19)7-24-13(20)10-5-4-9(18(22)23)6-11(10)15/h4-6,8H,3,7H2,1-2H3,(H2,16,17,19,21)/t8-/m1/s1. The van der Waals surface area contributed by atoms with Crippen LogP contribution in [0.4, 0.5) is 10.5 Å². The lowest BCUT2D eigenvalue weighted by atomic mass is 10.2. The fraction of sp³-hybridized carbons (Fsp3) is 0.357. The molecule has 0 unspecified atom stereocenters. The molecular formula is C14H16ClN3O6. The van der Waals surface area contributed by atoms with Gasteiger partial charge in [-0.3, -0.25) is 20.2 Å². The molecular weight excluding hydrogens is 342 g/mol. The molecule has 0 spiro atoms. The Balaban J connectivity index is 2.55. The molecule has 1 aromatic rings. The molecule has 0 fully saturated rings. The third-order valence-corrected chi connectivity index (χ3v) is 3.27. The number of benzene rings is 1. The molecule has 1 rings (SSSR count). The maximum absolute atomic E-state index is 11.8. The summed E-state index contributed by atoms with van der Waals surface area (Å²) in [6.07, 6.45) is 0.690. The summed E-state index contributed by atoms with van der Waals surface area (Å²) < 4.78 is 4.72. The van der Waals surface area contributed by atoms with E-state index in [1.54, 1.807) is 6.92 Å². The highest BCUT2D eigenvalue weighted by Gasteiger charge is 2.18. The van der Waals surface area contributed by atoms with E-state index in [9.17, 15) is 24.5 Å². The molecule has 10 heteroatoms. The van der Waals surface area contributed by atoms with E-state index >= 15 is 0 Å². The molecule has 0 heterocycles. The number of urea groups is 1. The van der Waals surface area contributed by atoms with Crippen LogP contribution in [0, 0.1) is 10.1 Å². The van der Waals surface area contributed by atoms with E-state index in [1.165, 1.54) is 0 Å². The number of ether oxygens (including phenoxy) is 1. The zero-order valence-corrected chi connectivity index (χ0v) is 13.8. The lowest BCUT2D eigenvalue weighted by molar-refractivity contribution is -0.384. The predicted octanol–water partition coefficient (Wildman–Crippen LogP) is 2.03. The van der Waals surface area contributed by atoms with Crippen molar-refractivity contribution < 1.29 is 24.0 Å². The summed E-state index contributed by atoms with van der Waals surface area (Å²) in [7, 11) is 0. The molecule has 3 amide bonds. The summed E-state index contributed by atoms with van der Waals surface area (Å²) in [4.78, 5) is 44.7. The quantitative estimate of drug-likeness (QED) is 0.455. The Kier molecular flexibility index (Phi) is 7.12. The van der Waals surface area contributed by atoms with E-state index in [2.05, 4.69) is 5.32 Å². The Morgan fingerprint density at radius 2 is 2.04 bits per heavy atom. The van der Waals surface area contributed by atoms with Crippen LogP contribution in [0.15, 0.2) is 18.2 Å². The fourth-order valence-corrected chi connectivity index (χ4v) is 1.77. The number of nitrogens with zero attached hydrogens (tertiary/aromatic N) is 1. The largest absolute Gasteiger partial charge is 0.452 e. The van der Waals surface area contributed by atoms with Gasteiger partial charge in [0, 0.05) is 18.2 Å². The number of esters is 1. The number of hydrogen-bond acceptors (Lipinski definition) is 6. The number of non-ortho nitro benzene ring substituents is 1. The molecule has 9 nitrogen and oxygen atoms in total. The fourth-order valence-electron chi connectivity index (χ4n) is 1.52. The van der Waals surface area contributed by atoms with Crippen molar-refractivity contribution in [1.29, 1.82) is 0 Å². The molecule has 0 aliphatic rings. The molecule has 0 aliphatic heterocycles. The molecule has 0 aliphatic carbocycles. The topological polar surface area (TPSA) is 128 Å². The Morgan fingerprint density at radius 1 is 1.38 bits per heavy atom. The van der Waals surface area contributed by atoms with Crippen LogP contribution in [0.2, 0.25) is 5.02 Å². The van der Waals surface area contributed by atoms with Gasteiger partial charge in [-0.25, -0.2) is 9.59 Å². The third-order valence-electron chi connectivity index (χ3n) is 2.96. The van der Waals surface area contributed by atoms with Crippen molar-refractivity contribution in [2.75, 3.05) is 6.61 Å². The van der Waals surface area contributed by atoms with Gasteiger partial charge in [0.15, 0.2) is 6.61 Å². The average Bonchev–Trinajstić information content (AvgIpc) is 2.51. The summed E-state index contributed by atoms with van der Waals surface area (Å²) >= 11 is 5.77. The maximum Gasteiger partial charge on any atom is 0.340 e. The summed E-state index contributed by atoms with van der Waals surface area (Å²) in [5.74, 6) is -1.76. The number of nitrogens with one attached hydrogen (secondary N) is 2. The average molecular weight is 358 g/mol. The van der Waals surface area contributed by atoms with Gasteiger partial charge in [0.2, 0.25) is 0 Å². The van der Waals surface area contributed by atoms with E-state index in [1.807, 2.05) is 12.2 Å². The van der Waals surface area contributed by atoms with E-state index in [-0.39, 0.29) is 22.3 Å². The third kappa shape index (κ3) is 5.84. The van der Waals surface area contributed by atoms with E-state index in [0.717, 1.165) is 18.2 Å². The number of carbonyl (C=O) groups excluding carboxylic acids is 3. The molecule has 130 valence electrons. The lowest BCUT2D eigenvalue weighted by Gasteiger charge is -2.11. The maximum atomic E-state index is 11.8. The highest BCUT2D eigenvalue weighted by atomic mass is 35.5. The summed E-state index contributed by atoms with van der Waals surface area (Å²) in [5, 5.41) is 14.9. The van der Waals surface area contributed by atoms with Gasteiger partial charge in [-0.05, 0) is 19.4 Å². The van der Waals surface area contributed by atoms with Crippen molar-refractivity contribution in [1.82, 2.24) is 10.6 Å². The van der Waals surface area contributed by atoms with Crippen molar-refractivity contribution >= 4 is 35.2 Å². The van der Waals surface area contributed by atoms with E-state index in [4.69, 9.17) is 16.3 Å². The minimum atomic E-state index is -0.938. The van der Waals surface area contributed by atoms with Crippen LogP contribution in [-0.4, -0.2) is 35.5 Å². The number of imide groups is 1. The minimum absolute atomic E-state index is 0.112. The van der Waals surface area contributed by atoms with Crippen LogP contribution in [0.25, 0.3) is 0 Å². The number of carbonyl (C=O) groups is 3. The molecule has 0 saturated carbocycles. The Labute approximate surface area is 142 Å². The first-order valence-corrected chi connectivity index (χ1v) is 7.33. The van der Waals surface area contributed by atoms with Gasteiger partial charge < -0.3 is 10.1 Å². The Bertz CT molecular complexity index is 664. The smallest absolute Gasteiger partial charge is 0.340 e. The van der Waals surface area contributed by atoms with E-state index < -0.39 is 29.4 Å². The molecule has 0 saturated heterocycles. The number of nitro groups is 1. The van der Waals surface area contributed by atoms with Gasteiger partial charge in [-0.15, -0.1) is 0 Å². The van der Waals surface area contributed by atoms with Crippen LogP contribution in [0.1, 0.15) is 30.6 Å². The van der Waals surface area contributed by atoms with Crippen molar-refractivity contribution in [3.05, 3.63) is 38.9 Å². The monoisotopic (exact) mass is 357 g/mol. The number of rotatable bonds is 6. The van der Waals surface area contributed by atoms with Crippen LogP contribution in [0.3, 0.4) is 0 Å². The van der Waals surface area contributed by atoms with Crippen molar-refractivity contribution in [3.63, 3.8) is 0 Å². The molecule has 2 N–H and O–H groups in total. The summed E-state index contributed by atoms with van der Waals surface area (Å²) in [6.45, 7) is 2.93. The van der Waals surface area contributed by atoms with Gasteiger partial charge in [-0.1, -0.05) is 18.5 Å². The first kappa shape index (κ1) is 19.4. The highest BCUT2D eigenvalue weighted by molar-refractivity contribution is 6.33. The predicted molar refractivity (Wildman–Crippen MR) is 84.8 cm³/mol. The zero-order valence-electron chi connectivity index (χ0n) is 13.0. The Hall–Kier alpha value is -2.68. The van der Waals surface area contributed by atoms with Gasteiger partial charge in [0.25, 0.3) is 11.6 Å². The second kappa shape index (κ2) is 8.82. The number of nitro benzene ring substituents is 1. The molecule has 1 aromatic carbocycles. The van der Waals surface area contributed by atoms with E-state index in [0.29, 0.717) is 6.42 Å². The molecule has 0 aromatic heterocycles. The lowest BCUT2D eigenvalue weighted by Crippen LogP contribution is -2.44. The molecule has 0 bridgehead atoms. The van der Waals surface area contributed by atoms with Crippen LogP contribution >= 0.6 is 11.6 Å². The van der Waals surface area contributed by atoms with Crippen LogP contribution < -0.4 is 10.6 Å². The number of amides is 3. The minimum Gasteiger partial charge on any atom is -0.452 e. The highest BCUT2D eigenvalue weighted by Crippen LogP contribution is 2.23. The second-order valence-electron chi connectivity index (χ2n) is 4.83. The van der Waals surface area contributed by atoms with Crippen LogP contribution in [0.5, 0.6) is 0 Å². The van der Waals surface area contributed by atoms with Crippen molar-refractivity contribution in [2.24, 2.45) is 0 Å². The number of hydrogen-bond donors (Lipinski definition) is 2. The van der Waals surface area contributed by atoms with Gasteiger partial charge in [0.05, 0.1) is 15.5 Å². The normalized spacial score (nSPS) is 11.3. The van der Waals surface area contributed by atoms with Gasteiger partial charge in [0.1, 0.15) is 0 Å². The zero-order chi connectivity index (χ0) is 18.3. The van der Waals surface area contributed by atoms with Crippen molar-refractivity contribution in [3.8, 4) is 0 Å². The molecule has 1 atom stereocenters. The first-order valence-electron chi connectivity index (χ1n) is 6.96. The Morgan fingerprint density at radius 3 is 2.58 bits per heavy atom. The number of halogens is 1. The second-order valence-corrected chi connectivity index (χ2v) is 5.24.